The molecule has 0 aromatic heterocycles. The molecule has 1 heterocycles. The van der Waals surface area contributed by atoms with Crippen LogP contribution in [0.3, 0.4) is 0 Å². The van der Waals surface area contributed by atoms with E-state index in [0.717, 1.165) is 25.3 Å². The van der Waals surface area contributed by atoms with E-state index in [1.165, 1.54) is 13.0 Å². The van der Waals surface area contributed by atoms with Crippen LogP contribution >= 0.6 is 0 Å². The van der Waals surface area contributed by atoms with Crippen LogP contribution in [0.25, 0.3) is 0 Å². The van der Waals surface area contributed by atoms with Crippen LogP contribution in [0.2, 0.25) is 0 Å². The fourth-order valence-electron chi connectivity index (χ4n) is 2.76. The Hall–Kier alpha value is -0.120. The monoisotopic (exact) mass is 256 g/mol. The van der Waals surface area contributed by atoms with Crippen LogP contribution in [0.5, 0.6) is 0 Å². The van der Waals surface area contributed by atoms with Crippen molar-refractivity contribution in [3.05, 3.63) is 0 Å². The topological polar surface area (TPSA) is 35.5 Å². The van der Waals surface area contributed by atoms with E-state index in [0.29, 0.717) is 12.1 Å². The molecule has 0 bridgehead atoms. The maximum Gasteiger partial charge on any atom is 0.0482 e. The third-order valence-corrected chi connectivity index (χ3v) is 4.48. The molecule has 0 amide bonds. The molecule has 0 spiro atoms. The van der Waals surface area contributed by atoms with Gasteiger partial charge in [0.1, 0.15) is 0 Å². The summed E-state index contributed by atoms with van der Waals surface area (Å²) in [6.07, 6.45) is 3.50. The summed E-state index contributed by atoms with van der Waals surface area (Å²) >= 11 is 0. The van der Waals surface area contributed by atoms with E-state index in [9.17, 15) is 5.11 Å². The Morgan fingerprint density at radius 3 is 2.61 bits per heavy atom. The molecule has 3 atom stereocenters. The van der Waals surface area contributed by atoms with Gasteiger partial charge in [-0.05, 0) is 51.1 Å². The Kier molecular flexibility index (Phi) is 6.09. The lowest BCUT2D eigenvalue weighted by atomic mass is 9.88. The summed E-state index contributed by atoms with van der Waals surface area (Å²) in [4.78, 5) is 2.46. The first-order valence-electron chi connectivity index (χ1n) is 7.40. The van der Waals surface area contributed by atoms with Crippen molar-refractivity contribution in [2.75, 3.05) is 26.7 Å². The molecule has 1 aliphatic rings. The van der Waals surface area contributed by atoms with Gasteiger partial charge in [-0.3, -0.25) is 0 Å². The van der Waals surface area contributed by atoms with Crippen molar-refractivity contribution in [3.63, 3.8) is 0 Å². The quantitative estimate of drug-likeness (QED) is 0.715. The van der Waals surface area contributed by atoms with Gasteiger partial charge in [-0.1, -0.05) is 20.8 Å². The molecule has 1 saturated heterocycles. The largest absolute Gasteiger partial charge is 0.396 e. The predicted octanol–water partition coefficient (Wildman–Crippen LogP) is 2.10. The number of nitrogens with zero attached hydrogens (tertiary/aromatic N) is 1. The van der Waals surface area contributed by atoms with Gasteiger partial charge in [0, 0.05) is 25.2 Å². The Morgan fingerprint density at radius 2 is 2.00 bits per heavy atom. The van der Waals surface area contributed by atoms with Crippen molar-refractivity contribution in [2.45, 2.75) is 59.0 Å². The molecule has 3 nitrogen and oxygen atoms in total. The van der Waals surface area contributed by atoms with E-state index in [1.54, 1.807) is 0 Å². The van der Waals surface area contributed by atoms with Gasteiger partial charge in [0.05, 0.1) is 0 Å². The Labute approximate surface area is 113 Å². The first kappa shape index (κ1) is 15.9. The van der Waals surface area contributed by atoms with E-state index in [4.69, 9.17) is 0 Å². The molecular weight excluding hydrogens is 224 g/mol. The van der Waals surface area contributed by atoms with E-state index in [1.807, 2.05) is 0 Å². The summed E-state index contributed by atoms with van der Waals surface area (Å²) in [5.41, 5.74) is 0.0768. The zero-order valence-electron chi connectivity index (χ0n) is 12.9. The number of rotatable bonds is 6. The molecule has 0 saturated carbocycles. The summed E-state index contributed by atoms with van der Waals surface area (Å²) in [7, 11) is 2.22. The van der Waals surface area contributed by atoms with Gasteiger partial charge in [-0.2, -0.15) is 0 Å². The van der Waals surface area contributed by atoms with Crippen molar-refractivity contribution >= 4 is 0 Å². The van der Waals surface area contributed by atoms with Crippen LogP contribution in [0.1, 0.15) is 47.0 Å². The number of aliphatic hydroxyl groups is 1. The zero-order valence-corrected chi connectivity index (χ0v) is 12.9. The molecule has 3 unspecified atom stereocenters. The van der Waals surface area contributed by atoms with E-state index in [2.05, 4.69) is 45.0 Å². The second kappa shape index (κ2) is 6.88. The van der Waals surface area contributed by atoms with Gasteiger partial charge < -0.3 is 15.3 Å². The molecule has 0 aromatic rings. The van der Waals surface area contributed by atoms with Crippen LogP contribution in [-0.4, -0.2) is 48.8 Å². The third kappa shape index (κ3) is 4.87. The fourth-order valence-corrected chi connectivity index (χ4v) is 2.76. The summed E-state index contributed by atoms with van der Waals surface area (Å²) in [6.45, 7) is 11.5. The van der Waals surface area contributed by atoms with Gasteiger partial charge in [0.2, 0.25) is 0 Å². The number of hydrogen-bond donors (Lipinski definition) is 2. The average Bonchev–Trinajstić information content (AvgIpc) is 2.31. The van der Waals surface area contributed by atoms with Crippen molar-refractivity contribution in [1.29, 1.82) is 0 Å². The molecule has 108 valence electrons. The minimum absolute atomic E-state index is 0.0768. The first-order valence-corrected chi connectivity index (χ1v) is 7.40. The van der Waals surface area contributed by atoms with Crippen LogP contribution in [0.4, 0.5) is 0 Å². The van der Waals surface area contributed by atoms with Crippen molar-refractivity contribution in [3.8, 4) is 0 Å². The van der Waals surface area contributed by atoms with Gasteiger partial charge in [-0.25, -0.2) is 0 Å². The lowest BCUT2D eigenvalue weighted by molar-refractivity contribution is 0.118. The van der Waals surface area contributed by atoms with Gasteiger partial charge in [0.15, 0.2) is 0 Å². The average molecular weight is 256 g/mol. The number of aliphatic hydroxyl groups excluding tert-OH is 1. The molecule has 0 radical (unpaired) electrons. The highest BCUT2D eigenvalue weighted by molar-refractivity contribution is 4.86. The van der Waals surface area contributed by atoms with Crippen molar-refractivity contribution in [1.82, 2.24) is 10.2 Å². The lowest BCUT2D eigenvalue weighted by Gasteiger charge is -2.40. The van der Waals surface area contributed by atoms with E-state index < -0.39 is 0 Å². The first-order chi connectivity index (χ1) is 8.35. The van der Waals surface area contributed by atoms with Crippen LogP contribution < -0.4 is 5.32 Å². The second-order valence-electron chi connectivity index (χ2n) is 6.99. The van der Waals surface area contributed by atoms with Gasteiger partial charge in [-0.15, -0.1) is 0 Å². The normalized spacial score (nSPS) is 30.7. The maximum absolute atomic E-state index is 9.22. The zero-order chi connectivity index (χ0) is 13.8. The predicted molar refractivity (Wildman–Crippen MR) is 77.8 cm³/mol. The van der Waals surface area contributed by atoms with E-state index >= 15 is 0 Å². The van der Waals surface area contributed by atoms with Crippen molar-refractivity contribution in [2.24, 2.45) is 11.3 Å². The van der Waals surface area contributed by atoms with Gasteiger partial charge >= 0.3 is 0 Å². The Bertz CT molecular complexity index is 243. The molecule has 0 aliphatic carbocycles. The second-order valence-corrected chi connectivity index (χ2v) is 6.99. The maximum atomic E-state index is 9.22. The molecule has 3 heteroatoms. The smallest absolute Gasteiger partial charge is 0.0482 e. The number of likely N-dealkylation sites (tertiary alicyclic amines) is 1. The Balaban J connectivity index is 2.23. The summed E-state index contributed by atoms with van der Waals surface area (Å²) in [5, 5.41) is 12.9. The number of nitrogens with one attached hydrogen (secondary N) is 1. The molecular formula is C15H32N2O. The molecule has 2 N–H and O–H groups in total. The standard InChI is InChI=1S/C15H32N2O/c1-12-10-17(5)13(2)9-14(12)16-8-6-7-15(3,4)11-18/h12-14,16,18H,6-11H2,1-5H3. The summed E-state index contributed by atoms with van der Waals surface area (Å²) in [5.74, 6) is 0.733. The molecule has 18 heavy (non-hydrogen) atoms. The van der Waals surface area contributed by atoms with E-state index in [-0.39, 0.29) is 12.0 Å². The van der Waals surface area contributed by atoms with Crippen molar-refractivity contribution < 1.29 is 5.11 Å². The summed E-state index contributed by atoms with van der Waals surface area (Å²) in [6, 6.07) is 1.35. The highest BCUT2D eigenvalue weighted by atomic mass is 16.3. The molecule has 1 fully saturated rings. The minimum atomic E-state index is 0.0768. The van der Waals surface area contributed by atoms with Gasteiger partial charge in [0.25, 0.3) is 0 Å². The third-order valence-electron chi connectivity index (χ3n) is 4.48. The van der Waals surface area contributed by atoms with Crippen LogP contribution in [0.15, 0.2) is 0 Å². The molecule has 1 rings (SSSR count). The number of hydrogen-bond acceptors (Lipinski definition) is 3. The fraction of sp³-hybridized carbons (Fsp3) is 1.00. The number of piperidine rings is 1. The summed E-state index contributed by atoms with van der Waals surface area (Å²) < 4.78 is 0. The molecule has 0 aromatic carbocycles. The minimum Gasteiger partial charge on any atom is -0.396 e. The highest BCUT2D eigenvalue weighted by Crippen LogP contribution is 2.22. The highest BCUT2D eigenvalue weighted by Gasteiger charge is 2.28. The molecule has 1 aliphatic heterocycles. The lowest BCUT2D eigenvalue weighted by Crippen LogP contribution is -2.51. The van der Waals surface area contributed by atoms with Crippen LogP contribution in [0, 0.1) is 11.3 Å². The SMILES string of the molecule is CC1CN(C)C(C)CC1NCCCC(C)(C)CO. The van der Waals surface area contributed by atoms with Crippen LogP contribution in [-0.2, 0) is 0 Å². The Morgan fingerprint density at radius 1 is 1.33 bits per heavy atom.